The maximum absolute atomic E-state index is 5.29. The van der Waals surface area contributed by atoms with Crippen LogP contribution in [0.3, 0.4) is 0 Å². The Balaban J connectivity index is 1.17. The Bertz CT molecular complexity index is 4050. The number of nitrogens with zero attached hydrogens (tertiary/aromatic N) is 5. The van der Waals surface area contributed by atoms with Gasteiger partial charge in [0.25, 0.3) is 0 Å². The molecule has 0 aliphatic heterocycles. The third-order valence-corrected chi connectivity index (χ3v) is 12.6. The van der Waals surface area contributed by atoms with E-state index in [1.165, 1.54) is 81.2 Å². The van der Waals surface area contributed by atoms with Gasteiger partial charge in [0.05, 0.1) is 38.6 Å². The molecule has 0 saturated carbocycles. The number of para-hydroxylation sites is 3. The minimum absolute atomic E-state index is 0.817. The first-order valence-electron chi connectivity index (χ1n) is 19.5. The topological polar surface area (TPSA) is 40.0 Å². The van der Waals surface area contributed by atoms with Gasteiger partial charge in [0.2, 0.25) is 0 Å². The molecule has 5 nitrogen and oxygen atoms in total. The van der Waals surface area contributed by atoms with Crippen LogP contribution in [0.2, 0.25) is 0 Å². The molecule has 14 rings (SSSR count). The summed E-state index contributed by atoms with van der Waals surface area (Å²) in [6, 6.07) is 63.9. The van der Waals surface area contributed by atoms with Crippen molar-refractivity contribution in [1.29, 1.82) is 0 Å². The van der Waals surface area contributed by atoms with Gasteiger partial charge in [-0.05, 0) is 57.9 Å². The van der Waals surface area contributed by atoms with Crippen LogP contribution in [0.5, 0.6) is 0 Å². The van der Waals surface area contributed by atoms with E-state index in [1.54, 1.807) is 0 Å². The second kappa shape index (κ2) is 10.5. The lowest BCUT2D eigenvalue weighted by atomic mass is 9.99. The summed E-state index contributed by atoms with van der Waals surface area (Å²) >= 11 is 0. The minimum atomic E-state index is 0.817. The molecule has 0 amide bonds. The Labute approximate surface area is 324 Å². The molecule has 5 heterocycles. The number of hydrogen-bond donors (Lipinski definition) is 0. The van der Waals surface area contributed by atoms with Crippen molar-refractivity contribution in [3.8, 4) is 11.6 Å². The molecule has 14 aromatic rings. The lowest BCUT2D eigenvalue weighted by Gasteiger charge is -2.14. The quantitative estimate of drug-likeness (QED) is 0.178. The highest BCUT2D eigenvalue weighted by atomic mass is 15.3. The summed E-state index contributed by atoms with van der Waals surface area (Å²) in [5, 5.41) is 27.5. The Morgan fingerprint density at radius 2 is 0.737 bits per heavy atom. The van der Waals surface area contributed by atoms with Crippen LogP contribution < -0.4 is 0 Å². The van der Waals surface area contributed by atoms with Gasteiger partial charge >= 0.3 is 0 Å². The number of benzene rings is 9. The van der Waals surface area contributed by atoms with E-state index in [0.717, 1.165) is 44.5 Å². The fraction of sp³-hybridized carbons (Fsp3) is 0. The van der Waals surface area contributed by atoms with Gasteiger partial charge in [-0.25, -0.2) is 0 Å². The molecule has 0 aliphatic rings. The molecule has 0 fully saturated rings. The zero-order valence-electron chi connectivity index (χ0n) is 30.5. The van der Waals surface area contributed by atoms with E-state index in [4.69, 9.17) is 10.2 Å². The summed E-state index contributed by atoms with van der Waals surface area (Å²) in [7, 11) is 0. The standard InChI is InChI=1S/C52H29N5/c1-3-15-32-30(13-1)25-27-43-46(32)37-20-8-12-24-42(37)56(43)51-35-18-5-6-19-36(35)52(54-53-51)57-44-28-26-31-14-2-4-16-33(31)47(44)49-45(57)29-39-34-17-7-10-22-40(34)55-41-23-11-9-21-38(41)48(49)50(39)55/h1-29H. The van der Waals surface area contributed by atoms with E-state index in [9.17, 15) is 0 Å². The molecule has 0 radical (unpaired) electrons. The Morgan fingerprint density at radius 3 is 1.39 bits per heavy atom. The second-order valence-corrected chi connectivity index (χ2v) is 15.4. The van der Waals surface area contributed by atoms with Gasteiger partial charge in [-0.2, -0.15) is 0 Å². The zero-order valence-corrected chi connectivity index (χ0v) is 30.5. The van der Waals surface area contributed by atoms with Crippen molar-refractivity contribution in [1.82, 2.24) is 23.7 Å². The first kappa shape index (κ1) is 29.6. The fourth-order valence-electron chi connectivity index (χ4n) is 10.4. The molecular weight excluding hydrogens is 695 g/mol. The van der Waals surface area contributed by atoms with Crippen molar-refractivity contribution in [3.05, 3.63) is 176 Å². The molecule has 262 valence electrons. The smallest absolute Gasteiger partial charge is 0.168 e. The van der Waals surface area contributed by atoms with Crippen LogP contribution in [0.4, 0.5) is 0 Å². The molecule has 5 aromatic heterocycles. The molecule has 9 aromatic carbocycles. The number of rotatable bonds is 2. The zero-order chi connectivity index (χ0) is 36.9. The Kier molecular flexibility index (Phi) is 5.45. The molecule has 0 spiro atoms. The van der Waals surface area contributed by atoms with Crippen molar-refractivity contribution in [2.24, 2.45) is 0 Å². The number of aromatic nitrogens is 5. The molecule has 0 aliphatic carbocycles. The van der Waals surface area contributed by atoms with E-state index >= 15 is 0 Å². The predicted molar refractivity (Wildman–Crippen MR) is 238 cm³/mol. The van der Waals surface area contributed by atoms with Gasteiger partial charge in [-0.1, -0.05) is 140 Å². The van der Waals surface area contributed by atoms with Crippen LogP contribution in [-0.4, -0.2) is 23.7 Å². The monoisotopic (exact) mass is 723 g/mol. The normalized spacial score (nSPS) is 12.6. The molecule has 57 heavy (non-hydrogen) atoms. The SMILES string of the molecule is c1ccc2c(c1)ccc1c2c2ccccc2n1-c1nnc(-n2c3ccc4ccccc4c3c3c4c5ccccc5n5c6ccccc6c(cc32)c45)c2ccccc12. The van der Waals surface area contributed by atoms with E-state index in [1.807, 2.05) is 0 Å². The largest absolute Gasteiger partial charge is 0.308 e. The van der Waals surface area contributed by atoms with Crippen molar-refractivity contribution in [2.45, 2.75) is 0 Å². The molecule has 0 saturated heterocycles. The van der Waals surface area contributed by atoms with Crippen LogP contribution in [-0.2, 0) is 0 Å². The van der Waals surface area contributed by atoms with Gasteiger partial charge in [-0.15, -0.1) is 10.2 Å². The van der Waals surface area contributed by atoms with E-state index < -0.39 is 0 Å². The predicted octanol–water partition coefficient (Wildman–Crippen LogP) is 13.3. The second-order valence-electron chi connectivity index (χ2n) is 15.4. The summed E-state index contributed by atoms with van der Waals surface area (Å²) in [5.74, 6) is 1.64. The summed E-state index contributed by atoms with van der Waals surface area (Å²) < 4.78 is 7.17. The lowest BCUT2D eigenvalue weighted by Crippen LogP contribution is -2.06. The highest BCUT2D eigenvalue weighted by Crippen LogP contribution is 2.48. The van der Waals surface area contributed by atoms with Crippen molar-refractivity contribution in [2.75, 3.05) is 0 Å². The minimum Gasteiger partial charge on any atom is -0.308 e. The van der Waals surface area contributed by atoms with Crippen LogP contribution in [0.25, 0.3) is 126 Å². The molecule has 0 bridgehead atoms. The Hall–Kier alpha value is -7.76. The highest BCUT2D eigenvalue weighted by Gasteiger charge is 2.27. The van der Waals surface area contributed by atoms with E-state index in [2.05, 4.69) is 189 Å². The molecule has 5 heteroatoms. The highest BCUT2D eigenvalue weighted by molar-refractivity contribution is 6.38. The van der Waals surface area contributed by atoms with Crippen molar-refractivity contribution >= 4 is 114 Å². The van der Waals surface area contributed by atoms with Crippen LogP contribution in [0.15, 0.2) is 176 Å². The summed E-state index contributed by atoms with van der Waals surface area (Å²) in [4.78, 5) is 0. The fourth-order valence-corrected chi connectivity index (χ4v) is 10.4. The van der Waals surface area contributed by atoms with E-state index in [-0.39, 0.29) is 0 Å². The van der Waals surface area contributed by atoms with Crippen molar-refractivity contribution in [3.63, 3.8) is 0 Å². The van der Waals surface area contributed by atoms with Gasteiger partial charge in [0.1, 0.15) is 0 Å². The van der Waals surface area contributed by atoms with Gasteiger partial charge in [0.15, 0.2) is 11.6 Å². The molecule has 0 atom stereocenters. The first-order valence-corrected chi connectivity index (χ1v) is 19.5. The molecule has 0 unspecified atom stereocenters. The summed E-state index contributed by atoms with van der Waals surface area (Å²) in [6.45, 7) is 0. The van der Waals surface area contributed by atoms with Crippen LogP contribution in [0.1, 0.15) is 0 Å². The van der Waals surface area contributed by atoms with Gasteiger partial charge in [-0.3, -0.25) is 9.13 Å². The maximum atomic E-state index is 5.29. The number of hydrogen-bond acceptors (Lipinski definition) is 2. The summed E-state index contributed by atoms with van der Waals surface area (Å²) in [6.07, 6.45) is 0. The Morgan fingerprint density at radius 1 is 0.281 bits per heavy atom. The first-order chi connectivity index (χ1) is 28.3. The van der Waals surface area contributed by atoms with E-state index in [0.29, 0.717) is 0 Å². The maximum Gasteiger partial charge on any atom is 0.168 e. The van der Waals surface area contributed by atoms with Crippen LogP contribution >= 0.6 is 0 Å². The molecular formula is C52H29N5. The average Bonchev–Trinajstić information content (AvgIpc) is 4.00. The third-order valence-electron chi connectivity index (χ3n) is 12.6. The third kappa shape index (κ3) is 3.60. The molecule has 0 N–H and O–H groups in total. The van der Waals surface area contributed by atoms with Gasteiger partial charge < -0.3 is 4.40 Å². The number of fused-ring (bicyclic) bond motifs is 18. The lowest BCUT2D eigenvalue weighted by molar-refractivity contribution is 0.930. The summed E-state index contributed by atoms with van der Waals surface area (Å²) in [5.41, 5.74) is 8.18. The average molecular weight is 724 g/mol. The van der Waals surface area contributed by atoms with Crippen molar-refractivity contribution < 1.29 is 0 Å². The van der Waals surface area contributed by atoms with Gasteiger partial charge in [0, 0.05) is 53.9 Å². The van der Waals surface area contributed by atoms with Crippen LogP contribution in [0, 0.1) is 0 Å².